The first kappa shape index (κ1) is 19.3. The summed E-state index contributed by atoms with van der Waals surface area (Å²) >= 11 is 11.9. The van der Waals surface area contributed by atoms with Crippen molar-refractivity contribution in [1.29, 1.82) is 0 Å². The number of hydrogen-bond acceptors (Lipinski definition) is 4. The van der Waals surface area contributed by atoms with E-state index in [2.05, 4.69) is 24.1 Å². The van der Waals surface area contributed by atoms with Crippen molar-refractivity contribution in [2.75, 3.05) is 32.8 Å². The van der Waals surface area contributed by atoms with Gasteiger partial charge in [0.15, 0.2) is 6.10 Å². The lowest BCUT2D eigenvalue weighted by atomic mass is 10.0. The first-order chi connectivity index (χ1) is 11.3. The van der Waals surface area contributed by atoms with Gasteiger partial charge in [-0.2, -0.15) is 0 Å². The number of rotatable bonds is 6. The third-order valence-electron chi connectivity index (χ3n) is 4.13. The highest BCUT2D eigenvalue weighted by atomic mass is 35.5. The summed E-state index contributed by atoms with van der Waals surface area (Å²) in [7, 11) is 0. The van der Waals surface area contributed by atoms with Crippen molar-refractivity contribution in [3.63, 3.8) is 0 Å². The van der Waals surface area contributed by atoms with E-state index in [1.54, 1.807) is 25.1 Å². The van der Waals surface area contributed by atoms with Crippen LogP contribution in [0.1, 0.15) is 20.8 Å². The van der Waals surface area contributed by atoms with Crippen LogP contribution in [0.4, 0.5) is 0 Å². The number of halogens is 2. The first-order valence-electron chi connectivity index (χ1n) is 8.02. The molecule has 0 aromatic heterocycles. The van der Waals surface area contributed by atoms with Crippen molar-refractivity contribution in [3.8, 4) is 5.75 Å². The van der Waals surface area contributed by atoms with Gasteiger partial charge in [0, 0.05) is 30.2 Å². The van der Waals surface area contributed by atoms with Crippen molar-refractivity contribution in [3.05, 3.63) is 28.2 Å². The fraction of sp³-hybridized carbons (Fsp3) is 0.588. The molecule has 0 saturated carbocycles. The molecule has 1 aromatic rings. The average Bonchev–Trinajstić information content (AvgIpc) is 2.56. The number of benzene rings is 1. The third kappa shape index (κ3) is 5.24. The minimum absolute atomic E-state index is 0.142. The zero-order chi connectivity index (χ0) is 17.7. The highest BCUT2D eigenvalue weighted by Gasteiger charge is 2.29. The smallest absolute Gasteiger partial charge is 0.260 e. The molecule has 1 aliphatic heterocycles. The summed E-state index contributed by atoms with van der Waals surface area (Å²) in [5, 5.41) is 3.87. The molecule has 1 aliphatic rings. The predicted octanol–water partition coefficient (Wildman–Crippen LogP) is 2.99. The van der Waals surface area contributed by atoms with Gasteiger partial charge in [-0.25, -0.2) is 0 Å². The van der Waals surface area contributed by atoms with Gasteiger partial charge in [-0.1, -0.05) is 23.2 Å². The van der Waals surface area contributed by atoms with E-state index in [1.807, 2.05) is 0 Å². The molecule has 0 aliphatic carbocycles. The second kappa shape index (κ2) is 8.39. The van der Waals surface area contributed by atoms with Gasteiger partial charge < -0.3 is 14.8 Å². The van der Waals surface area contributed by atoms with Crippen molar-refractivity contribution >= 4 is 29.1 Å². The molecule has 1 fully saturated rings. The van der Waals surface area contributed by atoms with E-state index in [1.165, 1.54) is 0 Å². The van der Waals surface area contributed by atoms with Crippen molar-refractivity contribution in [1.82, 2.24) is 10.2 Å². The van der Waals surface area contributed by atoms with E-state index in [0.29, 0.717) is 22.3 Å². The summed E-state index contributed by atoms with van der Waals surface area (Å²) in [4.78, 5) is 14.6. The van der Waals surface area contributed by atoms with Gasteiger partial charge in [0.05, 0.1) is 18.2 Å². The number of nitrogens with zero attached hydrogens (tertiary/aromatic N) is 1. The molecule has 1 heterocycles. The van der Waals surface area contributed by atoms with Crippen LogP contribution in [0.3, 0.4) is 0 Å². The van der Waals surface area contributed by atoms with Gasteiger partial charge in [-0.05, 0) is 39.0 Å². The zero-order valence-corrected chi connectivity index (χ0v) is 15.8. The number of hydrogen-bond donors (Lipinski definition) is 1. The first-order valence-corrected chi connectivity index (χ1v) is 8.77. The molecule has 0 spiro atoms. The zero-order valence-electron chi connectivity index (χ0n) is 14.3. The van der Waals surface area contributed by atoms with E-state index < -0.39 is 6.10 Å². The van der Waals surface area contributed by atoms with Crippen LogP contribution in [0.5, 0.6) is 5.75 Å². The van der Waals surface area contributed by atoms with Crippen molar-refractivity contribution in [2.24, 2.45) is 0 Å². The SMILES string of the molecule is CC(Oc1ccc(Cl)cc1Cl)C(=O)NCC(C)(C)N1CCOCC1. The molecule has 1 aromatic carbocycles. The van der Waals surface area contributed by atoms with Gasteiger partial charge in [0.2, 0.25) is 0 Å². The molecule has 0 radical (unpaired) electrons. The molecule has 1 unspecified atom stereocenters. The van der Waals surface area contributed by atoms with Gasteiger partial charge in [-0.15, -0.1) is 0 Å². The molecular formula is C17H24Cl2N2O3. The van der Waals surface area contributed by atoms with E-state index in [9.17, 15) is 4.79 Å². The molecule has 7 heteroatoms. The molecule has 5 nitrogen and oxygen atoms in total. The van der Waals surface area contributed by atoms with Crippen LogP contribution in [0.25, 0.3) is 0 Å². The highest BCUT2D eigenvalue weighted by molar-refractivity contribution is 6.35. The lowest BCUT2D eigenvalue weighted by Gasteiger charge is -2.41. The summed E-state index contributed by atoms with van der Waals surface area (Å²) in [6.07, 6.45) is -0.649. The standard InChI is InChI=1S/C17H24Cl2N2O3/c1-12(24-15-5-4-13(18)10-14(15)19)16(22)20-11-17(2,3)21-6-8-23-9-7-21/h4-5,10,12H,6-9,11H2,1-3H3,(H,20,22). The number of amides is 1. The Balaban J connectivity index is 1.86. The minimum Gasteiger partial charge on any atom is -0.479 e. The number of morpholine rings is 1. The maximum absolute atomic E-state index is 12.3. The lowest BCUT2D eigenvalue weighted by molar-refractivity contribution is -0.128. The second-order valence-electron chi connectivity index (χ2n) is 6.46. The Bertz CT molecular complexity index is 575. The van der Waals surface area contributed by atoms with Gasteiger partial charge in [0.1, 0.15) is 5.75 Å². The number of ether oxygens (including phenoxy) is 2. The Morgan fingerprint density at radius 1 is 1.38 bits per heavy atom. The Labute approximate surface area is 153 Å². The van der Waals surface area contributed by atoms with Crippen molar-refractivity contribution < 1.29 is 14.3 Å². The lowest BCUT2D eigenvalue weighted by Crippen LogP contribution is -2.56. The maximum atomic E-state index is 12.3. The van der Waals surface area contributed by atoms with E-state index >= 15 is 0 Å². The number of carbonyl (C=O) groups is 1. The minimum atomic E-state index is -0.649. The molecular weight excluding hydrogens is 351 g/mol. The van der Waals surface area contributed by atoms with Gasteiger partial charge in [-0.3, -0.25) is 9.69 Å². The van der Waals surface area contributed by atoms with Crippen LogP contribution in [-0.4, -0.2) is 55.3 Å². The van der Waals surface area contributed by atoms with Gasteiger partial charge in [0.25, 0.3) is 5.91 Å². The highest BCUT2D eigenvalue weighted by Crippen LogP contribution is 2.28. The summed E-state index contributed by atoms with van der Waals surface area (Å²) in [5.41, 5.74) is -0.142. The summed E-state index contributed by atoms with van der Waals surface area (Å²) in [6.45, 7) is 9.65. The van der Waals surface area contributed by atoms with Crippen LogP contribution in [0, 0.1) is 0 Å². The molecule has 1 saturated heterocycles. The molecule has 1 N–H and O–H groups in total. The van der Waals surface area contributed by atoms with Crippen LogP contribution < -0.4 is 10.1 Å². The fourth-order valence-corrected chi connectivity index (χ4v) is 3.00. The van der Waals surface area contributed by atoms with Crippen LogP contribution in [-0.2, 0) is 9.53 Å². The van der Waals surface area contributed by atoms with Crippen molar-refractivity contribution in [2.45, 2.75) is 32.4 Å². The van der Waals surface area contributed by atoms with Crippen LogP contribution in [0.15, 0.2) is 18.2 Å². The maximum Gasteiger partial charge on any atom is 0.260 e. The number of nitrogens with one attached hydrogen (secondary N) is 1. The van der Waals surface area contributed by atoms with E-state index in [-0.39, 0.29) is 11.4 Å². The Hall–Kier alpha value is -1.01. The van der Waals surface area contributed by atoms with E-state index in [0.717, 1.165) is 26.3 Å². The molecule has 1 atom stereocenters. The van der Waals surface area contributed by atoms with Crippen LogP contribution >= 0.6 is 23.2 Å². The van der Waals surface area contributed by atoms with Gasteiger partial charge >= 0.3 is 0 Å². The molecule has 134 valence electrons. The predicted molar refractivity (Wildman–Crippen MR) is 96.0 cm³/mol. The Morgan fingerprint density at radius 2 is 2.04 bits per heavy atom. The summed E-state index contributed by atoms with van der Waals surface area (Å²) in [5.74, 6) is 0.263. The quantitative estimate of drug-likeness (QED) is 0.831. The van der Waals surface area contributed by atoms with Crippen LogP contribution in [0.2, 0.25) is 10.0 Å². The second-order valence-corrected chi connectivity index (χ2v) is 7.31. The molecule has 24 heavy (non-hydrogen) atoms. The Kier molecular flexibility index (Phi) is 6.75. The number of carbonyl (C=O) groups excluding carboxylic acids is 1. The van der Waals surface area contributed by atoms with E-state index in [4.69, 9.17) is 32.7 Å². The monoisotopic (exact) mass is 374 g/mol. The Morgan fingerprint density at radius 3 is 2.67 bits per heavy atom. The average molecular weight is 375 g/mol. The fourth-order valence-electron chi connectivity index (χ4n) is 2.54. The third-order valence-corrected chi connectivity index (χ3v) is 4.66. The molecule has 2 rings (SSSR count). The summed E-state index contributed by atoms with van der Waals surface area (Å²) in [6, 6.07) is 4.92. The summed E-state index contributed by atoms with van der Waals surface area (Å²) < 4.78 is 11.0. The normalized spacial score (nSPS) is 17.4. The molecule has 0 bridgehead atoms. The topological polar surface area (TPSA) is 50.8 Å². The molecule has 1 amide bonds. The largest absolute Gasteiger partial charge is 0.479 e.